The van der Waals surface area contributed by atoms with Crippen molar-refractivity contribution >= 4 is 21.6 Å². The van der Waals surface area contributed by atoms with Gasteiger partial charge in [-0.05, 0) is 65.7 Å². The zero-order chi connectivity index (χ0) is 15.2. The Labute approximate surface area is 133 Å². The number of halogens is 1. The van der Waals surface area contributed by atoms with Crippen LogP contribution in [0.25, 0.3) is 0 Å². The van der Waals surface area contributed by atoms with E-state index in [1.54, 1.807) is 6.07 Å². The molecule has 0 saturated heterocycles. The van der Waals surface area contributed by atoms with Crippen molar-refractivity contribution in [3.8, 4) is 11.8 Å². The van der Waals surface area contributed by atoms with Gasteiger partial charge in [0, 0.05) is 16.2 Å². The Balaban J connectivity index is 2.10. The molecule has 0 aliphatic rings. The lowest BCUT2D eigenvalue weighted by Crippen LogP contribution is -2.07. The second-order valence-corrected chi connectivity index (χ2v) is 5.53. The molecule has 108 valence electrons. The quantitative estimate of drug-likeness (QED) is 0.839. The minimum atomic E-state index is 0.157. The van der Waals surface area contributed by atoms with Crippen LogP contribution in [0.3, 0.4) is 0 Å². The molecule has 0 spiro atoms. The van der Waals surface area contributed by atoms with Crippen molar-refractivity contribution in [1.82, 2.24) is 0 Å². The minimum absolute atomic E-state index is 0.157. The van der Waals surface area contributed by atoms with Gasteiger partial charge in [0.15, 0.2) is 0 Å². The molecule has 0 fully saturated rings. The van der Waals surface area contributed by atoms with Crippen molar-refractivity contribution in [3.05, 3.63) is 58.1 Å². The van der Waals surface area contributed by atoms with Crippen molar-refractivity contribution in [1.29, 1.82) is 5.26 Å². The highest BCUT2D eigenvalue weighted by molar-refractivity contribution is 9.10. The average Bonchev–Trinajstić information content (AvgIpc) is 2.50. The summed E-state index contributed by atoms with van der Waals surface area (Å²) in [5, 5.41) is 12.3. The Kier molecular flexibility index (Phi) is 5.24. The molecule has 1 atom stereocenters. The van der Waals surface area contributed by atoms with E-state index in [2.05, 4.69) is 46.4 Å². The van der Waals surface area contributed by atoms with Crippen LogP contribution >= 0.6 is 15.9 Å². The summed E-state index contributed by atoms with van der Waals surface area (Å²) in [6.45, 7) is 4.74. The molecule has 0 aromatic heterocycles. The van der Waals surface area contributed by atoms with Crippen LogP contribution in [0.4, 0.5) is 5.69 Å². The van der Waals surface area contributed by atoms with E-state index in [0.29, 0.717) is 12.2 Å². The lowest BCUT2D eigenvalue weighted by atomic mass is 10.1. The second-order valence-electron chi connectivity index (χ2n) is 4.67. The van der Waals surface area contributed by atoms with E-state index >= 15 is 0 Å². The van der Waals surface area contributed by atoms with Gasteiger partial charge in [-0.2, -0.15) is 5.26 Å². The predicted molar refractivity (Wildman–Crippen MR) is 88.5 cm³/mol. The number of hydrogen-bond acceptors (Lipinski definition) is 3. The fourth-order valence-corrected chi connectivity index (χ4v) is 2.53. The zero-order valence-electron chi connectivity index (χ0n) is 12.1. The molecule has 0 aliphatic heterocycles. The van der Waals surface area contributed by atoms with Gasteiger partial charge in [-0.1, -0.05) is 12.1 Å². The van der Waals surface area contributed by atoms with Gasteiger partial charge in [0.1, 0.15) is 5.75 Å². The number of nitriles is 1. The summed E-state index contributed by atoms with van der Waals surface area (Å²) in [6, 6.07) is 15.9. The molecule has 1 N–H and O–H groups in total. The molecule has 0 bridgehead atoms. The molecule has 1 unspecified atom stereocenters. The number of benzene rings is 2. The molecule has 0 heterocycles. The van der Waals surface area contributed by atoms with E-state index in [9.17, 15) is 0 Å². The lowest BCUT2D eigenvalue weighted by Gasteiger charge is -2.17. The third-order valence-corrected chi connectivity index (χ3v) is 3.82. The first kappa shape index (κ1) is 15.4. The number of anilines is 1. The van der Waals surface area contributed by atoms with Crippen LogP contribution in [0.2, 0.25) is 0 Å². The summed E-state index contributed by atoms with van der Waals surface area (Å²) >= 11 is 3.49. The van der Waals surface area contributed by atoms with E-state index in [0.717, 1.165) is 15.9 Å². The largest absolute Gasteiger partial charge is 0.494 e. The second kappa shape index (κ2) is 7.14. The topological polar surface area (TPSA) is 45.0 Å². The van der Waals surface area contributed by atoms with Crippen LogP contribution in [0.5, 0.6) is 5.75 Å². The smallest absolute Gasteiger partial charge is 0.119 e. The Morgan fingerprint density at radius 3 is 2.52 bits per heavy atom. The Bertz CT molecular complexity index is 647. The molecule has 4 heteroatoms. The molecule has 3 nitrogen and oxygen atoms in total. The van der Waals surface area contributed by atoms with E-state index in [1.165, 1.54) is 5.56 Å². The Hall–Kier alpha value is -1.99. The monoisotopic (exact) mass is 344 g/mol. The van der Waals surface area contributed by atoms with Crippen molar-refractivity contribution in [2.24, 2.45) is 0 Å². The molecule has 21 heavy (non-hydrogen) atoms. The van der Waals surface area contributed by atoms with E-state index in [1.807, 2.05) is 31.2 Å². The molecule has 2 aromatic carbocycles. The maximum atomic E-state index is 8.88. The number of nitrogens with one attached hydrogen (secondary N) is 1. The number of ether oxygens (including phenoxy) is 1. The first-order valence-corrected chi connectivity index (χ1v) is 7.62. The highest BCUT2D eigenvalue weighted by Crippen LogP contribution is 2.28. The van der Waals surface area contributed by atoms with E-state index in [-0.39, 0.29) is 6.04 Å². The van der Waals surface area contributed by atoms with Gasteiger partial charge >= 0.3 is 0 Å². The predicted octanol–water partition coefficient (Wildman–Crippen LogP) is 4.89. The Morgan fingerprint density at radius 1 is 1.24 bits per heavy atom. The third-order valence-electron chi connectivity index (χ3n) is 3.16. The lowest BCUT2D eigenvalue weighted by molar-refractivity contribution is 0.340. The summed E-state index contributed by atoms with van der Waals surface area (Å²) in [6.07, 6.45) is 0. The summed E-state index contributed by atoms with van der Waals surface area (Å²) in [5.41, 5.74) is 2.78. The van der Waals surface area contributed by atoms with Crippen LogP contribution in [0.15, 0.2) is 46.9 Å². The third kappa shape index (κ3) is 3.99. The maximum absolute atomic E-state index is 8.88. The number of hydrogen-bond donors (Lipinski definition) is 1. The molecule has 0 amide bonds. The van der Waals surface area contributed by atoms with Gasteiger partial charge in [-0.25, -0.2) is 0 Å². The van der Waals surface area contributed by atoms with E-state index in [4.69, 9.17) is 10.00 Å². The highest BCUT2D eigenvalue weighted by Gasteiger charge is 2.08. The van der Waals surface area contributed by atoms with Crippen LogP contribution in [-0.2, 0) is 0 Å². The Morgan fingerprint density at radius 2 is 1.95 bits per heavy atom. The molecule has 0 saturated carbocycles. The van der Waals surface area contributed by atoms with Crippen LogP contribution in [0, 0.1) is 11.3 Å². The average molecular weight is 345 g/mol. The van der Waals surface area contributed by atoms with Gasteiger partial charge in [0.05, 0.1) is 18.2 Å². The standard InChI is InChI=1S/C17H17BrN2O/c1-3-21-15-7-5-14(6-8-15)12(2)20-17-9-4-13(11-19)10-16(17)18/h4-10,12,20H,3H2,1-2H3. The normalized spacial score (nSPS) is 11.5. The van der Waals surface area contributed by atoms with Gasteiger partial charge in [-0.15, -0.1) is 0 Å². The van der Waals surface area contributed by atoms with Crippen molar-refractivity contribution in [2.45, 2.75) is 19.9 Å². The highest BCUT2D eigenvalue weighted by atomic mass is 79.9. The number of nitrogens with zero attached hydrogens (tertiary/aromatic N) is 1. The van der Waals surface area contributed by atoms with Gasteiger partial charge in [0.2, 0.25) is 0 Å². The summed E-state index contributed by atoms with van der Waals surface area (Å²) in [4.78, 5) is 0. The van der Waals surface area contributed by atoms with Crippen LogP contribution < -0.4 is 10.1 Å². The fraction of sp³-hybridized carbons (Fsp3) is 0.235. The molecular weight excluding hydrogens is 328 g/mol. The van der Waals surface area contributed by atoms with Crippen molar-refractivity contribution in [2.75, 3.05) is 11.9 Å². The molecule has 2 rings (SSSR count). The summed E-state index contributed by atoms with van der Waals surface area (Å²) in [7, 11) is 0. The van der Waals surface area contributed by atoms with Gasteiger partial charge < -0.3 is 10.1 Å². The maximum Gasteiger partial charge on any atom is 0.119 e. The molecule has 0 aliphatic carbocycles. The summed E-state index contributed by atoms with van der Waals surface area (Å²) in [5.74, 6) is 0.882. The van der Waals surface area contributed by atoms with E-state index < -0.39 is 0 Å². The molecule has 2 aromatic rings. The van der Waals surface area contributed by atoms with Crippen LogP contribution in [0.1, 0.15) is 31.0 Å². The fourth-order valence-electron chi connectivity index (χ4n) is 2.04. The zero-order valence-corrected chi connectivity index (χ0v) is 13.6. The van der Waals surface area contributed by atoms with Crippen LogP contribution in [-0.4, -0.2) is 6.61 Å². The van der Waals surface area contributed by atoms with Crippen molar-refractivity contribution in [3.63, 3.8) is 0 Å². The number of rotatable bonds is 5. The minimum Gasteiger partial charge on any atom is -0.494 e. The molecular formula is C17H17BrN2O. The first-order valence-electron chi connectivity index (χ1n) is 6.83. The summed E-state index contributed by atoms with van der Waals surface area (Å²) < 4.78 is 6.33. The molecule has 0 radical (unpaired) electrons. The van der Waals surface area contributed by atoms with Gasteiger partial charge in [0.25, 0.3) is 0 Å². The van der Waals surface area contributed by atoms with Crippen molar-refractivity contribution < 1.29 is 4.74 Å². The SMILES string of the molecule is CCOc1ccc(C(C)Nc2ccc(C#N)cc2Br)cc1. The van der Waals surface area contributed by atoms with Gasteiger partial charge in [-0.3, -0.25) is 0 Å². The first-order chi connectivity index (χ1) is 10.1.